The Kier molecular flexibility index (Phi) is 4.71. The van der Waals surface area contributed by atoms with Crippen LogP contribution in [0.4, 0.5) is 4.79 Å². The Morgan fingerprint density at radius 3 is 2.23 bits per heavy atom. The number of amides is 2. The van der Waals surface area contributed by atoms with Crippen molar-refractivity contribution in [3.63, 3.8) is 0 Å². The van der Waals surface area contributed by atoms with Crippen molar-refractivity contribution in [2.75, 3.05) is 0 Å². The molecule has 2 aromatic rings. The van der Waals surface area contributed by atoms with Gasteiger partial charge in [0.2, 0.25) is 0 Å². The van der Waals surface area contributed by atoms with Gasteiger partial charge in [-0.3, -0.25) is 10.2 Å². The third-order valence-corrected chi connectivity index (χ3v) is 2.61. The van der Waals surface area contributed by atoms with Gasteiger partial charge < -0.3 is 9.84 Å². The van der Waals surface area contributed by atoms with Gasteiger partial charge >= 0.3 is 12.1 Å². The highest BCUT2D eigenvalue weighted by Gasteiger charge is 2.10. The Labute approximate surface area is 125 Å². The van der Waals surface area contributed by atoms with Gasteiger partial charge in [0.05, 0.1) is 5.56 Å². The van der Waals surface area contributed by atoms with Crippen molar-refractivity contribution in [1.29, 1.82) is 0 Å². The second-order valence-electron chi connectivity index (χ2n) is 4.17. The minimum absolute atomic E-state index is 0.0152. The molecule has 7 heteroatoms. The smallest absolute Gasteiger partial charge is 0.431 e. The molecule has 7 nitrogen and oxygen atoms in total. The monoisotopic (exact) mass is 300 g/mol. The van der Waals surface area contributed by atoms with E-state index in [2.05, 4.69) is 10.9 Å². The fourth-order valence-corrected chi connectivity index (χ4v) is 1.59. The first-order chi connectivity index (χ1) is 10.6. The molecule has 0 aliphatic rings. The number of hydrogen-bond acceptors (Lipinski definition) is 4. The topological polar surface area (TPSA) is 105 Å². The molecule has 0 unspecified atom stereocenters. The van der Waals surface area contributed by atoms with Crippen molar-refractivity contribution in [2.24, 2.45) is 0 Å². The first kappa shape index (κ1) is 15.0. The Morgan fingerprint density at radius 2 is 1.55 bits per heavy atom. The average Bonchev–Trinajstić information content (AvgIpc) is 2.53. The van der Waals surface area contributed by atoms with Gasteiger partial charge in [0, 0.05) is 5.56 Å². The lowest BCUT2D eigenvalue weighted by atomic mass is 10.2. The number of hydrazine groups is 1. The summed E-state index contributed by atoms with van der Waals surface area (Å²) in [5, 5.41) is 8.83. The zero-order valence-electron chi connectivity index (χ0n) is 11.3. The van der Waals surface area contributed by atoms with E-state index in [-0.39, 0.29) is 11.3 Å². The van der Waals surface area contributed by atoms with Crippen molar-refractivity contribution in [1.82, 2.24) is 10.9 Å². The van der Waals surface area contributed by atoms with Crippen LogP contribution in [0, 0.1) is 0 Å². The summed E-state index contributed by atoms with van der Waals surface area (Å²) < 4.78 is 4.86. The first-order valence-electron chi connectivity index (χ1n) is 6.23. The number of carboxylic acid groups (broad SMARTS) is 1. The molecule has 0 spiro atoms. The summed E-state index contributed by atoms with van der Waals surface area (Å²) in [4.78, 5) is 34.0. The number of hydrogen-bond donors (Lipinski definition) is 3. The Bertz CT molecular complexity index is 700. The fraction of sp³-hybridized carbons (Fsp3) is 0. The van der Waals surface area contributed by atoms with E-state index in [4.69, 9.17) is 9.84 Å². The summed E-state index contributed by atoms with van der Waals surface area (Å²) in [5.41, 5.74) is 4.60. The van der Waals surface area contributed by atoms with Crippen molar-refractivity contribution in [2.45, 2.75) is 0 Å². The van der Waals surface area contributed by atoms with Crippen LogP contribution < -0.4 is 15.6 Å². The Balaban J connectivity index is 1.89. The number of carbonyl (C=O) groups excluding carboxylic acids is 2. The second kappa shape index (κ2) is 6.89. The number of benzene rings is 2. The molecule has 0 aliphatic carbocycles. The summed E-state index contributed by atoms with van der Waals surface area (Å²) in [5.74, 6) is -1.59. The number of carbonyl (C=O) groups is 3. The molecule has 3 N–H and O–H groups in total. The van der Waals surface area contributed by atoms with E-state index in [9.17, 15) is 14.4 Å². The summed E-state index contributed by atoms with van der Waals surface area (Å²) in [6.07, 6.45) is -0.938. The molecule has 112 valence electrons. The number of nitrogens with one attached hydrogen (secondary N) is 2. The molecule has 0 aliphatic heterocycles. The average molecular weight is 300 g/mol. The van der Waals surface area contributed by atoms with Crippen molar-refractivity contribution < 1.29 is 24.2 Å². The maximum absolute atomic E-state index is 11.7. The normalized spacial score (nSPS) is 9.64. The Morgan fingerprint density at radius 1 is 0.864 bits per heavy atom. The summed E-state index contributed by atoms with van der Waals surface area (Å²) in [6.45, 7) is 0. The summed E-state index contributed by atoms with van der Waals surface area (Å²) >= 11 is 0. The van der Waals surface area contributed by atoms with Gasteiger partial charge in [-0.1, -0.05) is 24.3 Å². The third kappa shape index (κ3) is 4.07. The molecule has 2 rings (SSSR count). The lowest BCUT2D eigenvalue weighted by Gasteiger charge is -2.08. The molecule has 0 saturated heterocycles. The standard InChI is InChI=1S/C15H12N2O5/c18-13(10-5-2-1-3-6-10)16-17-15(21)22-12-8-4-7-11(9-12)14(19)20/h1-9H,(H,16,18)(H,17,21)(H,19,20). The molecule has 0 aromatic heterocycles. The molecule has 0 saturated carbocycles. The summed E-state index contributed by atoms with van der Waals surface area (Å²) in [6, 6.07) is 13.7. The van der Waals surface area contributed by atoms with Gasteiger partial charge in [0.25, 0.3) is 5.91 Å². The molecule has 2 aromatic carbocycles. The zero-order chi connectivity index (χ0) is 15.9. The highest BCUT2D eigenvalue weighted by atomic mass is 16.6. The van der Waals surface area contributed by atoms with Crippen LogP contribution in [0.1, 0.15) is 20.7 Å². The molecule has 0 fully saturated rings. The molecule has 0 radical (unpaired) electrons. The predicted octanol–water partition coefficient (Wildman–Crippen LogP) is 1.82. The van der Waals surface area contributed by atoms with Gasteiger partial charge in [0.15, 0.2) is 0 Å². The van der Waals surface area contributed by atoms with E-state index in [0.717, 1.165) is 0 Å². The SMILES string of the molecule is O=C(NNC(=O)c1ccccc1)Oc1cccc(C(=O)O)c1. The van der Waals surface area contributed by atoms with E-state index in [1.165, 1.54) is 24.3 Å². The molecule has 0 bridgehead atoms. The fourth-order valence-electron chi connectivity index (χ4n) is 1.59. The number of aromatic carboxylic acids is 1. The van der Waals surface area contributed by atoms with Gasteiger partial charge in [-0.25, -0.2) is 15.0 Å². The van der Waals surface area contributed by atoms with Crippen LogP contribution >= 0.6 is 0 Å². The predicted molar refractivity (Wildman–Crippen MR) is 76.5 cm³/mol. The summed E-state index contributed by atoms with van der Waals surface area (Å²) in [7, 11) is 0. The molecule has 2 amide bonds. The zero-order valence-corrected chi connectivity index (χ0v) is 11.3. The molecule has 0 atom stereocenters. The molecular formula is C15H12N2O5. The van der Waals surface area contributed by atoms with E-state index in [1.54, 1.807) is 30.3 Å². The Hall–Kier alpha value is -3.35. The van der Waals surface area contributed by atoms with Gasteiger partial charge in [-0.2, -0.15) is 0 Å². The van der Waals surface area contributed by atoms with Crippen LogP contribution in [0.25, 0.3) is 0 Å². The van der Waals surface area contributed by atoms with Crippen LogP contribution in [-0.4, -0.2) is 23.1 Å². The highest BCUT2D eigenvalue weighted by Crippen LogP contribution is 2.13. The van der Waals surface area contributed by atoms with Crippen molar-refractivity contribution in [3.8, 4) is 5.75 Å². The minimum Gasteiger partial charge on any atom is -0.478 e. The molecular weight excluding hydrogens is 288 g/mol. The first-order valence-corrected chi connectivity index (χ1v) is 6.23. The van der Waals surface area contributed by atoms with Crippen LogP contribution in [-0.2, 0) is 0 Å². The minimum atomic E-state index is -1.14. The number of ether oxygens (including phenoxy) is 1. The van der Waals surface area contributed by atoms with E-state index in [1.807, 2.05) is 0 Å². The van der Waals surface area contributed by atoms with Gasteiger partial charge in [-0.15, -0.1) is 0 Å². The largest absolute Gasteiger partial charge is 0.478 e. The maximum atomic E-state index is 11.7. The maximum Gasteiger partial charge on any atom is 0.431 e. The van der Waals surface area contributed by atoms with Gasteiger partial charge in [-0.05, 0) is 30.3 Å². The lowest BCUT2D eigenvalue weighted by Crippen LogP contribution is -2.43. The van der Waals surface area contributed by atoms with Crippen LogP contribution in [0.15, 0.2) is 54.6 Å². The van der Waals surface area contributed by atoms with Crippen molar-refractivity contribution >= 4 is 18.0 Å². The number of carboxylic acids is 1. The van der Waals surface area contributed by atoms with Crippen LogP contribution in [0.3, 0.4) is 0 Å². The van der Waals surface area contributed by atoms with E-state index >= 15 is 0 Å². The van der Waals surface area contributed by atoms with E-state index in [0.29, 0.717) is 5.56 Å². The van der Waals surface area contributed by atoms with Crippen LogP contribution in [0.5, 0.6) is 5.75 Å². The highest BCUT2D eigenvalue weighted by molar-refractivity contribution is 5.95. The second-order valence-corrected chi connectivity index (χ2v) is 4.17. The van der Waals surface area contributed by atoms with Gasteiger partial charge in [0.1, 0.15) is 5.75 Å². The van der Waals surface area contributed by atoms with Crippen LogP contribution in [0.2, 0.25) is 0 Å². The molecule has 22 heavy (non-hydrogen) atoms. The lowest BCUT2D eigenvalue weighted by molar-refractivity contribution is 0.0696. The van der Waals surface area contributed by atoms with E-state index < -0.39 is 18.0 Å². The molecule has 0 heterocycles. The van der Waals surface area contributed by atoms with Crippen molar-refractivity contribution in [3.05, 3.63) is 65.7 Å². The quantitative estimate of drug-likeness (QED) is 0.750. The number of rotatable bonds is 3. The third-order valence-electron chi connectivity index (χ3n) is 2.61.